The summed E-state index contributed by atoms with van der Waals surface area (Å²) in [6.07, 6.45) is 4.50. The Morgan fingerprint density at radius 2 is 1.88 bits per heavy atom. The highest BCUT2D eigenvalue weighted by Gasteiger charge is 2.70. The van der Waals surface area contributed by atoms with Gasteiger partial charge in [-0.1, -0.05) is 20.8 Å². The highest BCUT2D eigenvalue weighted by molar-refractivity contribution is 5.20. The topological polar surface area (TPSA) is 32.8 Å². The van der Waals surface area contributed by atoms with Crippen LogP contribution in [0.2, 0.25) is 0 Å². The first-order chi connectivity index (χ1) is 7.23. The van der Waals surface area contributed by atoms with Gasteiger partial charge in [0.05, 0.1) is 17.8 Å². The van der Waals surface area contributed by atoms with E-state index in [9.17, 15) is 5.11 Å². The average molecular weight is 224 g/mol. The molecule has 2 bridgehead atoms. The first kappa shape index (κ1) is 11.0. The van der Waals surface area contributed by atoms with Crippen molar-refractivity contribution in [1.29, 1.82) is 0 Å². The summed E-state index contributed by atoms with van der Waals surface area (Å²) in [5.41, 5.74) is -0.404. The molecule has 3 rings (SSSR count). The number of epoxide rings is 1. The second-order valence-electron chi connectivity index (χ2n) is 7.50. The highest BCUT2D eigenvalue weighted by atomic mass is 16.6. The molecule has 2 heteroatoms. The van der Waals surface area contributed by atoms with E-state index in [0.29, 0.717) is 5.92 Å². The Kier molecular flexibility index (Phi) is 1.84. The van der Waals surface area contributed by atoms with Crippen molar-refractivity contribution >= 4 is 0 Å². The maximum absolute atomic E-state index is 11.3. The Hall–Kier alpha value is -0.0800. The monoisotopic (exact) mass is 224 g/mol. The predicted octanol–water partition coefficient (Wildman–Crippen LogP) is 2.74. The lowest BCUT2D eigenvalue weighted by Gasteiger charge is -2.51. The fraction of sp³-hybridized carbons (Fsp3) is 1.00. The van der Waals surface area contributed by atoms with Gasteiger partial charge >= 0.3 is 0 Å². The lowest BCUT2D eigenvalue weighted by Crippen LogP contribution is -2.56. The molecule has 1 saturated heterocycles. The molecule has 2 aliphatic carbocycles. The number of aliphatic hydroxyl groups is 1. The van der Waals surface area contributed by atoms with Gasteiger partial charge in [-0.15, -0.1) is 0 Å². The second-order valence-corrected chi connectivity index (χ2v) is 7.50. The number of fused-ring (bicyclic) bond motifs is 2. The van der Waals surface area contributed by atoms with Crippen LogP contribution in [-0.4, -0.2) is 22.9 Å². The zero-order valence-electron chi connectivity index (χ0n) is 11.0. The second kappa shape index (κ2) is 2.67. The predicted molar refractivity (Wildman–Crippen MR) is 63.2 cm³/mol. The summed E-state index contributed by atoms with van der Waals surface area (Å²) < 4.78 is 5.51. The number of rotatable bonds is 2. The zero-order valence-corrected chi connectivity index (χ0v) is 11.0. The Morgan fingerprint density at radius 1 is 1.25 bits per heavy atom. The molecule has 0 unspecified atom stereocenters. The van der Waals surface area contributed by atoms with Crippen LogP contribution in [0.3, 0.4) is 0 Å². The molecule has 0 aromatic heterocycles. The summed E-state index contributed by atoms with van der Waals surface area (Å²) in [7, 11) is 0. The van der Waals surface area contributed by atoms with E-state index >= 15 is 0 Å². The molecule has 0 radical (unpaired) electrons. The van der Waals surface area contributed by atoms with Crippen LogP contribution in [0, 0.1) is 16.7 Å². The summed E-state index contributed by atoms with van der Waals surface area (Å²) in [6.45, 7) is 9.76. The van der Waals surface area contributed by atoms with Crippen molar-refractivity contribution in [1.82, 2.24) is 0 Å². The first-order valence-corrected chi connectivity index (χ1v) is 6.59. The summed E-state index contributed by atoms with van der Waals surface area (Å²) in [5, 5.41) is 11.3. The maximum atomic E-state index is 11.3. The van der Waals surface area contributed by atoms with Crippen LogP contribution in [0.15, 0.2) is 0 Å². The number of hydrogen-bond donors (Lipinski definition) is 1. The molecule has 3 fully saturated rings. The lowest BCUT2D eigenvalue weighted by molar-refractivity contribution is -0.156. The summed E-state index contributed by atoms with van der Waals surface area (Å²) in [6, 6.07) is 0. The molecule has 92 valence electrons. The minimum absolute atomic E-state index is 0.0422. The van der Waals surface area contributed by atoms with Crippen molar-refractivity contribution in [3.8, 4) is 0 Å². The van der Waals surface area contributed by atoms with E-state index in [2.05, 4.69) is 27.7 Å². The van der Waals surface area contributed by atoms with E-state index in [4.69, 9.17) is 4.74 Å². The van der Waals surface area contributed by atoms with Crippen molar-refractivity contribution in [3.63, 3.8) is 0 Å². The minimum Gasteiger partial charge on any atom is -0.389 e. The molecular formula is C14H24O2. The first-order valence-electron chi connectivity index (χ1n) is 6.59. The molecule has 2 saturated carbocycles. The Labute approximate surface area is 98.4 Å². The van der Waals surface area contributed by atoms with Gasteiger partial charge in [0, 0.05) is 6.42 Å². The van der Waals surface area contributed by atoms with Gasteiger partial charge in [0.2, 0.25) is 0 Å². The van der Waals surface area contributed by atoms with E-state index in [1.54, 1.807) is 0 Å². The van der Waals surface area contributed by atoms with Crippen molar-refractivity contribution in [3.05, 3.63) is 0 Å². The van der Waals surface area contributed by atoms with Gasteiger partial charge in [-0.05, 0) is 42.9 Å². The van der Waals surface area contributed by atoms with Crippen molar-refractivity contribution in [2.45, 2.75) is 64.6 Å². The molecule has 1 N–H and O–H groups in total. The highest BCUT2D eigenvalue weighted by Crippen LogP contribution is 2.70. The molecule has 0 spiro atoms. The molecule has 0 amide bonds. The molecule has 4 atom stereocenters. The van der Waals surface area contributed by atoms with E-state index in [0.717, 1.165) is 13.0 Å². The van der Waals surface area contributed by atoms with Crippen LogP contribution >= 0.6 is 0 Å². The van der Waals surface area contributed by atoms with Gasteiger partial charge in [-0.2, -0.15) is 0 Å². The lowest BCUT2D eigenvalue weighted by atomic mass is 9.58. The van der Waals surface area contributed by atoms with Gasteiger partial charge in [-0.3, -0.25) is 0 Å². The zero-order chi connectivity index (χ0) is 11.8. The third-order valence-corrected chi connectivity index (χ3v) is 6.09. The molecule has 0 aromatic rings. The van der Waals surface area contributed by atoms with E-state index in [-0.39, 0.29) is 16.4 Å². The standard InChI is InChI=1S/C14H24O2/c1-11(2)10-5-6-12(3,7-10)14(11,15)8-13(4)9-16-13/h10,15H,5-9H2,1-4H3/t10-,12+,13+,14+/m0/s1. The largest absolute Gasteiger partial charge is 0.389 e. The Balaban J connectivity index is 1.97. The van der Waals surface area contributed by atoms with Gasteiger partial charge in [-0.25, -0.2) is 0 Å². The minimum atomic E-state index is -0.534. The van der Waals surface area contributed by atoms with E-state index in [1.165, 1.54) is 19.3 Å². The Bertz CT molecular complexity index is 325. The summed E-state index contributed by atoms with van der Waals surface area (Å²) in [5.74, 6) is 0.699. The van der Waals surface area contributed by atoms with Crippen molar-refractivity contribution in [2.75, 3.05) is 6.61 Å². The molecule has 1 heterocycles. The van der Waals surface area contributed by atoms with Gasteiger partial charge in [0.15, 0.2) is 0 Å². The van der Waals surface area contributed by atoms with Crippen LogP contribution in [0.5, 0.6) is 0 Å². The van der Waals surface area contributed by atoms with Crippen LogP contribution in [0.25, 0.3) is 0 Å². The van der Waals surface area contributed by atoms with Crippen molar-refractivity contribution < 1.29 is 9.84 Å². The third-order valence-electron chi connectivity index (χ3n) is 6.09. The molecular weight excluding hydrogens is 200 g/mol. The normalized spacial score (nSPS) is 57.9. The number of ether oxygens (including phenoxy) is 1. The summed E-state index contributed by atoms with van der Waals surface area (Å²) >= 11 is 0. The SMILES string of the molecule is CC1(C)[C@H]2CC[C@](C)(C2)[C@@]1(O)C[C@]1(C)CO1. The molecule has 2 nitrogen and oxygen atoms in total. The fourth-order valence-corrected chi connectivity index (χ4v) is 4.56. The van der Waals surface area contributed by atoms with Gasteiger partial charge in [0.25, 0.3) is 0 Å². The van der Waals surface area contributed by atoms with Crippen LogP contribution in [-0.2, 0) is 4.74 Å². The summed E-state index contributed by atoms with van der Waals surface area (Å²) in [4.78, 5) is 0. The molecule has 0 aromatic carbocycles. The fourth-order valence-electron chi connectivity index (χ4n) is 4.56. The quantitative estimate of drug-likeness (QED) is 0.732. The van der Waals surface area contributed by atoms with E-state index in [1.807, 2.05) is 0 Å². The average Bonchev–Trinajstić information content (AvgIpc) is 2.70. The number of hydrogen-bond acceptors (Lipinski definition) is 2. The van der Waals surface area contributed by atoms with Gasteiger partial charge < -0.3 is 9.84 Å². The maximum Gasteiger partial charge on any atom is 0.0916 e. The third kappa shape index (κ3) is 1.10. The van der Waals surface area contributed by atoms with Crippen LogP contribution in [0.1, 0.15) is 53.4 Å². The van der Waals surface area contributed by atoms with Gasteiger partial charge in [0.1, 0.15) is 0 Å². The van der Waals surface area contributed by atoms with Crippen LogP contribution in [0.4, 0.5) is 0 Å². The Morgan fingerprint density at radius 3 is 2.31 bits per heavy atom. The van der Waals surface area contributed by atoms with Crippen molar-refractivity contribution in [2.24, 2.45) is 16.7 Å². The smallest absolute Gasteiger partial charge is 0.0916 e. The molecule has 1 aliphatic heterocycles. The molecule has 16 heavy (non-hydrogen) atoms. The van der Waals surface area contributed by atoms with E-state index < -0.39 is 5.60 Å². The van der Waals surface area contributed by atoms with Crippen LogP contribution < -0.4 is 0 Å². The molecule has 3 aliphatic rings.